The van der Waals surface area contributed by atoms with Crippen LogP contribution in [0.4, 0.5) is 11.8 Å². The predicted molar refractivity (Wildman–Crippen MR) is 72.7 cm³/mol. The summed E-state index contributed by atoms with van der Waals surface area (Å²) in [5, 5.41) is 10.6. The normalized spacial score (nSPS) is 10.3. The second-order valence-corrected chi connectivity index (χ2v) is 4.65. The zero-order chi connectivity index (χ0) is 12.3. The van der Waals surface area contributed by atoms with Crippen molar-refractivity contribution < 1.29 is 0 Å². The summed E-state index contributed by atoms with van der Waals surface area (Å²) in [6, 6.07) is 1.95. The first-order valence-corrected chi connectivity index (χ1v) is 6.42. The zero-order valence-electron chi connectivity index (χ0n) is 10.2. The van der Waals surface area contributed by atoms with Gasteiger partial charge in [-0.2, -0.15) is 16.3 Å². The van der Waals surface area contributed by atoms with Crippen LogP contribution in [0, 0.1) is 13.8 Å². The molecule has 0 radical (unpaired) electrons. The number of aryl methyl sites for hydroxylation is 2. The van der Waals surface area contributed by atoms with Crippen molar-refractivity contribution in [3.05, 3.63) is 33.6 Å². The summed E-state index contributed by atoms with van der Waals surface area (Å²) in [6.45, 7) is 4.89. The molecule has 0 aromatic carbocycles. The van der Waals surface area contributed by atoms with Crippen molar-refractivity contribution in [2.75, 3.05) is 17.7 Å². The van der Waals surface area contributed by atoms with E-state index in [1.165, 1.54) is 11.1 Å². The van der Waals surface area contributed by atoms with E-state index in [1.807, 2.05) is 20.0 Å². The van der Waals surface area contributed by atoms with E-state index in [0.29, 0.717) is 5.95 Å². The lowest BCUT2D eigenvalue weighted by Crippen LogP contribution is -2.05. The first-order valence-electron chi connectivity index (χ1n) is 5.48. The third kappa shape index (κ3) is 2.94. The Labute approximate surface area is 105 Å². The van der Waals surface area contributed by atoms with Crippen LogP contribution in [0.25, 0.3) is 0 Å². The molecule has 90 valence electrons. The van der Waals surface area contributed by atoms with Gasteiger partial charge in [-0.3, -0.25) is 0 Å². The number of aromatic nitrogens is 2. The molecule has 2 aromatic heterocycles. The van der Waals surface area contributed by atoms with Gasteiger partial charge in [-0.1, -0.05) is 0 Å². The molecule has 0 fully saturated rings. The monoisotopic (exact) mass is 248 g/mol. The van der Waals surface area contributed by atoms with Gasteiger partial charge in [-0.05, 0) is 35.7 Å². The van der Waals surface area contributed by atoms with E-state index in [9.17, 15) is 0 Å². The minimum atomic E-state index is 0.648. The van der Waals surface area contributed by atoms with Gasteiger partial charge in [0.05, 0.1) is 0 Å². The lowest BCUT2D eigenvalue weighted by molar-refractivity contribution is 1.05. The zero-order valence-corrected chi connectivity index (χ0v) is 11.1. The summed E-state index contributed by atoms with van der Waals surface area (Å²) in [7, 11) is 1.82. The Balaban J connectivity index is 2.09. The maximum atomic E-state index is 4.35. The van der Waals surface area contributed by atoms with Gasteiger partial charge in [0.25, 0.3) is 0 Å². The number of thiophene rings is 1. The predicted octanol–water partition coefficient (Wildman–Crippen LogP) is 2.81. The maximum Gasteiger partial charge on any atom is 0.224 e. The van der Waals surface area contributed by atoms with Crippen molar-refractivity contribution in [2.24, 2.45) is 0 Å². The quantitative estimate of drug-likeness (QED) is 0.873. The number of hydrogen-bond donors (Lipinski definition) is 2. The molecule has 0 saturated carbocycles. The summed E-state index contributed by atoms with van der Waals surface area (Å²) in [4.78, 5) is 8.61. The number of rotatable bonds is 4. The van der Waals surface area contributed by atoms with E-state index >= 15 is 0 Å². The molecule has 0 aliphatic rings. The van der Waals surface area contributed by atoms with Gasteiger partial charge in [0.1, 0.15) is 5.82 Å². The number of nitrogens with one attached hydrogen (secondary N) is 2. The number of nitrogens with zero attached hydrogens (tertiary/aromatic N) is 2. The Morgan fingerprint density at radius 2 is 2.06 bits per heavy atom. The molecule has 0 saturated heterocycles. The summed E-state index contributed by atoms with van der Waals surface area (Å²) in [5.74, 6) is 1.50. The fourth-order valence-corrected chi connectivity index (χ4v) is 2.38. The summed E-state index contributed by atoms with van der Waals surface area (Å²) in [6.07, 6.45) is 0. The average Bonchev–Trinajstić information content (AvgIpc) is 2.71. The van der Waals surface area contributed by atoms with Crippen LogP contribution in [-0.4, -0.2) is 17.0 Å². The highest BCUT2D eigenvalue weighted by molar-refractivity contribution is 7.08. The van der Waals surface area contributed by atoms with E-state index in [2.05, 4.69) is 38.3 Å². The van der Waals surface area contributed by atoms with Gasteiger partial charge >= 0.3 is 0 Å². The van der Waals surface area contributed by atoms with Gasteiger partial charge in [0.15, 0.2) is 0 Å². The van der Waals surface area contributed by atoms with Crippen molar-refractivity contribution in [1.29, 1.82) is 0 Å². The highest BCUT2D eigenvalue weighted by Crippen LogP contribution is 2.16. The molecule has 0 atom stereocenters. The van der Waals surface area contributed by atoms with Gasteiger partial charge in [0.2, 0.25) is 5.95 Å². The summed E-state index contributed by atoms with van der Waals surface area (Å²) < 4.78 is 0. The van der Waals surface area contributed by atoms with Crippen LogP contribution in [0.15, 0.2) is 16.8 Å². The average molecular weight is 248 g/mol. The van der Waals surface area contributed by atoms with E-state index in [0.717, 1.165) is 18.1 Å². The standard InChI is InChI=1S/C12H16N4S/c1-8-6-17-7-10(8)5-14-11-4-9(2)15-12(13-3)16-11/h4,6-7H,5H2,1-3H3,(H2,13,14,15,16). The van der Waals surface area contributed by atoms with E-state index in [1.54, 1.807) is 11.3 Å². The van der Waals surface area contributed by atoms with Crippen LogP contribution in [0.5, 0.6) is 0 Å². The van der Waals surface area contributed by atoms with Crippen molar-refractivity contribution in [3.8, 4) is 0 Å². The highest BCUT2D eigenvalue weighted by Gasteiger charge is 2.02. The topological polar surface area (TPSA) is 49.8 Å². The van der Waals surface area contributed by atoms with Gasteiger partial charge in [-0.15, -0.1) is 0 Å². The minimum Gasteiger partial charge on any atom is -0.366 e. The lowest BCUT2D eigenvalue weighted by atomic mass is 10.2. The van der Waals surface area contributed by atoms with Gasteiger partial charge < -0.3 is 10.6 Å². The van der Waals surface area contributed by atoms with Crippen LogP contribution in [0.2, 0.25) is 0 Å². The molecule has 2 N–H and O–H groups in total. The number of anilines is 2. The molecule has 2 rings (SSSR count). The largest absolute Gasteiger partial charge is 0.366 e. The van der Waals surface area contributed by atoms with Crippen molar-refractivity contribution >= 4 is 23.1 Å². The van der Waals surface area contributed by atoms with E-state index in [4.69, 9.17) is 0 Å². The van der Waals surface area contributed by atoms with Crippen LogP contribution in [0.1, 0.15) is 16.8 Å². The third-order valence-corrected chi connectivity index (χ3v) is 3.41. The lowest BCUT2D eigenvalue weighted by Gasteiger charge is -2.08. The van der Waals surface area contributed by atoms with Gasteiger partial charge in [-0.25, -0.2) is 4.98 Å². The second-order valence-electron chi connectivity index (χ2n) is 3.90. The Morgan fingerprint density at radius 3 is 2.71 bits per heavy atom. The van der Waals surface area contributed by atoms with Crippen LogP contribution in [0.3, 0.4) is 0 Å². The van der Waals surface area contributed by atoms with Crippen molar-refractivity contribution in [2.45, 2.75) is 20.4 Å². The second kappa shape index (κ2) is 5.14. The van der Waals surface area contributed by atoms with Crippen LogP contribution >= 0.6 is 11.3 Å². The Morgan fingerprint density at radius 1 is 1.24 bits per heavy atom. The highest BCUT2D eigenvalue weighted by atomic mass is 32.1. The van der Waals surface area contributed by atoms with Crippen molar-refractivity contribution in [3.63, 3.8) is 0 Å². The SMILES string of the molecule is CNc1nc(C)cc(NCc2cscc2C)n1. The molecule has 0 amide bonds. The minimum absolute atomic E-state index is 0.648. The van der Waals surface area contributed by atoms with E-state index in [-0.39, 0.29) is 0 Å². The molecule has 0 aliphatic heterocycles. The first-order chi connectivity index (χ1) is 8.19. The molecular weight excluding hydrogens is 232 g/mol. The van der Waals surface area contributed by atoms with Crippen LogP contribution < -0.4 is 10.6 Å². The molecule has 0 spiro atoms. The smallest absolute Gasteiger partial charge is 0.224 e. The maximum absolute atomic E-state index is 4.35. The molecule has 0 aliphatic carbocycles. The fraction of sp³-hybridized carbons (Fsp3) is 0.333. The molecule has 4 nitrogen and oxygen atoms in total. The Kier molecular flexibility index (Phi) is 3.58. The van der Waals surface area contributed by atoms with Gasteiger partial charge in [0, 0.05) is 25.4 Å². The third-order valence-electron chi connectivity index (χ3n) is 2.50. The Hall–Kier alpha value is -1.62. The molecular formula is C12H16N4S. The molecule has 5 heteroatoms. The molecule has 0 bridgehead atoms. The fourth-order valence-electron chi connectivity index (χ4n) is 1.52. The first kappa shape index (κ1) is 11.9. The van der Waals surface area contributed by atoms with Crippen molar-refractivity contribution in [1.82, 2.24) is 9.97 Å². The summed E-state index contributed by atoms with van der Waals surface area (Å²) >= 11 is 1.73. The van der Waals surface area contributed by atoms with E-state index < -0.39 is 0 Å². The molecule has 0 unspecified atom stereocenters. The summed E-state index contributed by atoms with van der Waals surface area (Å²) in [5.41, 5.74) is 3.59. The Bertz CT molecular complexity index is 507. The van der Waals surface area contributed by atoms with Crippen LogP contribution in [-0.2, 0) is 6.54 Å². The molecule has 2 heterocycles. The molecule has 17 heavy (non-hydrogen) atoms. The molecule has 2 aromatic rings. The number of hydrogen-bond acceptors (Lipinski definition) is 5.